The minimum atomic E-state index is -0.829. The molecule has 0 aromatic carbocycles. The summed E-state index contributed by atoms with van der Waals surface area (Å²) in [6.07, 6.45) is 13.7. The third-order valence-electron chi connectivity index (χ3n) is 4.04. The van der Waals surface area contributed by atoms with E-state index in [1.165, 1.54) is 64.2 Å². The zero-order valence-electron chi connectivity index (χ0n) is 15.5. The topological polar surface area (TPSA) is 73.4 Å². The molecular formula is C18H39N3O2. The average Bonchev–Trinajstić information content (AvgIpc) is 2.50. The predicted molar refractivity (Wildman–Crippen MR) is 97.5 cm³/mol. The first-order chi connectivity index (χ1) is 11.1. The van der Waals surface area contributed by atoms with Crippen LogP contribution >= 0.6 is 0 Å². The summed E-state index contributed by atoms with van der Waals surface area (Å²) in [5, 5.41) is 18.2. The smallest absolute Gasteiger partial charge is 0.317 e. The second-order valence-electron chi connectivity index (χ2n) is 6.52. The van der Waals surface area contributed by atoms with Crippen molar-refractivity contribution in [1.82, 2.24) is 16.0 Å². The van der Waals surface area contributed by atoms with E-state index in [9.17, 15) is 4.79 Å². The van der Waals surface area contributed by atoms with Crippen molar-refractivity contribution in [2.24, 2.45) is 0 Å². The Labute approximate surface area is 143 Å². The van der Waals surface area contributed by atoms with Crippen LogP contribution in [0.25, 0.3) is 0 Å². The van der Waals surface area contributed by atoms with Gasteiger partial charge in [-0.15, -0.1) is 0 Å². The van der Waals surface area contributed by atoms with Crippen LogP contribution < -0.4 is 16.0 Å². The molecule has 0 heterocycles. The van der Waals surface area contributed by atoms with Crippen LogP contribution in [0.15, 0.2) is 0 Å². The second-order valence-corrected chi connectivity index (χ2v) is 6.52. The van der Waals surface area contributed by atoms with Crippen molar-refractivity contribution in [2.75, 3.05) is 13.1 Å². The minimum absolute atomic E-state index is 0.0127. The van der Waals surface area contributed by atoms with Gasteiger partial charge in [-0.3, -0.25) is 15.4 Å². The number of hydrogen-bond acceptors (Lipinski definition) is 4. The first-order valence-electron chi connectivity index (χ1n) is 9.50. The maximum absolute atomic E-state index is 10.5. The lowest BCUT2D eigenvalue weighted by atomic mass is 10.1. The fraction of sp³-hybridized carbons (Fsp3) is 0.944. The summed E-state index contributed by atoms with van der Waals surface area (Å²) in [7, 11) is 0. The highest BCUT2D eigenvalue weighted by atomic mass is 16.4. The quantitative estimate of drug-likeness (QED) is 0.243. The summed E-state index contributed by atoms with van der Waals surface area (Å²) in [5.41, 5.74) is 0. The molecule has 138 valence electrons. The molecule has 0 rings (SSSR count). The number of hydrogen-bond donors (Lipinski definition) is 4. The highest BCUT2D eigenvalue weighted by Crippen LogP contribution is 2.10. The third kappa shape index (κ3) is 17.5. The van der Waals surface area contributed by atoms with Crippen LogP contribution in [0.2, 0.25) is 0 Å². The largest absolute Gasteiger partial charge is 0.480 e. The molecule has 0 fully saturated rings. The Morgan fingerprint density at radius 3 is 1.83 bits per heavy atom. The van der Waals surface area contributed by atoms with E-state index in [1.54, 1.807) is 0 Å². The maximum atomic E-state index is 10.5. The Kier molecular flexibility index (Phi) is 15.8. The highest BCUT2D eigenvalue weighted by molar-refractivity contribution is 5.69. The number of unbranched alkanes of at least 4 members (excludes halogenated alkanes) is 9. The van der Waals surface area contributed by atoms with Crippen LogP contribution in [0.3, 0.4) is 0 Å². The molecule has 0 aliphatic heterocycles. The van der Waals surface area contributed by atoms with E-state index in [1.807, 2.05) is 6.92 Å². The summed E-state index contributed by atoms with van der Waals surface area (Å²) >= 11 is 0. The number of carboxylic acid groups (broad SMARTS) is 1. The van der Waals surface area contributed by atoms with Crippen LogP contribution in [0.5, 0.6) is 0 Å². The van der Waals surface area contributed by atoms with Crippen LogP contribution in [0, 0.1) is 0 Å². The molecule has 5 heteroatoms. The van der Waals surface area contributed by atoms with Gasteiger partial charge in [0.05, 0.1) is 18.9 Å². The van der Waals surface area contributed by atoms with Gasteiger partial charge in [0, 0.05) is 0 Å². The summed E-state index contributed by atoms with van der Waals surface area (Å²) in [6.45, 7) is 7.25. The van der Waals surface area contributed by atoms with Crippen molar-refractivity contribution in [3.05, 3.63) is 0 Å². The van der Waals surface area contributed by atoms with Gasteiger partial charge in [0.2, 0.25) is 0 Å². The minimum Gasteiger partial charge on any atom is -0.480 e. The first-order valence-corrected chi connectivity index (χ1v) is 9.50. The highest BCUT2D eigenvalue weighted by Gasteiger charge is 2.07. The van der Waals surface area contributed by atoms with Gasteiger partial charge in [0.15, 0.2) is 0 Å². The fourth-order valence-corrected chi connectivity index (χ4v) is 2.66. The van der Waals surface area contributed by atoms with E-state index >= 15 is 0 Å². The van der Waals surface area contributed by atoms with Crippen LogP contribution in [-0.2, 0) is 4.79 Å². The number of aliphatic carboxylic acids is 1. The standard InChI is InChI=1S/C18H39N3O2/c1-4-5-6-7-8-9-10-11-12-13-14-19-16(2)21-17(3)20-15-18(22)23/h16-17,19-21H,4-15H2,1-3H3,(H,22,23). The summed E-state index contributed by atoms with van der Waals surface area (Å²) < 4.78 is 0. The molecule has 2 unspecified atom stereocenters. The molecular weight excluding hydrogens is 290 g/mol. The van der Waals surface area contributed by atoms with E-state index in [4.69, 9.17) is 5.11 Å². The SMILES string of the molecule is CCCCCCCCCCCCNC(C)NC(C)NCC(=O)O. The van der Waals surface area contributed by atoms with Gasteiger partial charge in [0.25, 0.3) is 0 Å². The average molecular weight is 330 g/mol. The Hall–Kier alpha value is -0.650. The molecule has 23 heavy (non-hydrogen) atoms. The zero-order valence-corrected chi connectivity index (χ0v) is 15.5. The van der Waals surface area contributed by atoms with Crippen molar-refractivity contribution in [3.63, 3.8) is 0 Å². The Morgan fingerprint density at radius 1 is 0.826 bits per heavy atom. The molecule has 0 aliphatic rings. The van der Waals surface area contributed by atoms with Gasteiger partial charge in [-0.05, 0) is 26.8 Å². The van der Waals surface area contributed by atoms with Crippen molar-refractivity contribution in [1.29, 1.82) is 0 Å². The third-order valence-corrected chi connectivity index (χ3v) is 4.04. The van der Waals surface area contributed by atoms with Crippen molar-refractivity contribution >= 4 is 5.97 Å². The van der Waals surface area contributed by atoms with E-state index in [-0.39, 0.29) is 18.9 Å². The van der Waals surface area contributed by atoms with E-state index in [0.717, 1.165) is 6.54 Å². The molecule has 0 aromatic heterocycles. The molecule has 0 saturated heterocycles. The van der Waals surface area contributed by atoms with Gasteiger partial charge >= 0.3 is 5.97 Å². The Morgan fingerprint density at radius 2 is 1.30 bits per heavy atom. The zero-order chi connectivity index (χ0) is 17.3. The summed E-state index contributed by atoms with van der Waals surface area (Å²) in [6, 6.07) is 0. The Bertz CT molecular complexity index is 275. The second kappa shape index (κ2) is 16.2. The molecule has 0 amide bonds. The molecule has 4 N–H and O–H groups in total. The predicted octanol–water partition coefficient (Wildman–Crippen LogP) is 3.45. The van der Waals surface area contributed by atoms with Crippen LogP contribution in [0.4, 0.5) is 0 Å². The fourth-order valence-electron chi connectivity index (χ4n) is 2.66. The van der Waals surface area contributed by atoms with E-state index in [2.05, 4.69) is 29.8 Å². The van der Waals surface area contributed by atoms with Crippen molar-refractivity contribution in [3.8, 4) is 0 Å². The normalized spacial score (nSPS) is 13.9. The summed E-state index contributed by atoms with van der Waals surface area (Å²) in [5.74, 6) is -0.829. The number of carboxylic acids is 1. The maximum Gasteiger partial charge on any atom is 0.317 e. The molecule has 0 spiro atoms. The van der Waals surface area contributed by atoms with Crippen LogP contribution in [-0.4, -0.2) is 36.5 Å². The first kappa shape index (κ1) is 22.4. The van der Waals surface area contributed by atoms with Gasteiger partial charge < -0.3 is 10.4 Å². The molecule has 2 atom stereocenters. The Balaban J connectivity index is 3.29. The number of nitrogens with one attached hydrogen (secondary N) is 3. The molecule has 0 aliphatic carbocycles. The summed E-state index contributed by atoms with van der Waals surface area (Å²) in [4.78, 5) is 10.5. The molecule has 0 aromatic rings. The molecule has 0 saturated carbocycles. The molecule has 0 radical (unpaired) electrons. The van der Waals surface area contributed by atoms with Gasteiger partial charge in [-0.2, -0.15) is 0 Å². The lowest BCUT2D eigenvalue weighted by Gasteiger charge is -2.21. The van der Waals surface area contributed by atoms with E-state index in [0.29, 0.717) is 0 Å². The lowest BCUT2D eigenvalue weighted by Crippen LogP contribution is -2.51. The monoisotopic (exact) mass is 329 g/mol. The lowest BCUT2D eigenvalue weighted by molar-refractivity contribution is -0.136. The van der Waals surface area contributed by atoms with E-state index < -0.39 is 5.97 Å². The van der Waals surface area contributed by atoms with Gasteiger partial charge in [-0.25, -0.2) is 0 Å². The van der Waals surface area contributed by atoms with Crippen molar-refractivity contribution in [2.45, 2.75) is 97.3 Å². The van der Waals surface area contributed by atoms with Gasteiger partial charge in [0.1, 0.15) is 0 Å². The number of rotatable bonds is 17. The van der Waals surface area contributed by atoms with Crippen molar-refractivity contribution < 1.29 is 9.90 Å². The van der Waals surface area contributed by atoms with Gasteiger partial charge in [-0.1, -0.05) is 64.7 Å². The number of carbonyl (C=O) groups is 1. The molecule has 5 nitrogen and oxygen atoms in total. The van der Waals surface area contributed by atoms with Crippen LogP contribution in [0.1, 0.15) is 85.0 Å². The molecule has 0 bridgehead atoms.